The molecule has 0 fully saturated rings. The lowest BCUT2D eigenvalue weighted by molar-refractivity contribution is 0.0686. The third-order valence-electron chi connectivity index (χ3n) is 3.59. The van der Waals surface area contributed by atoms with Crippen molar-refractivity contribution < 1.29 is 19.8 Å². The van der Waals surface area contributed by atoms with Crippen LogP contribution in [0.25, 0.3) is 15.9 Å². The molecule has 4 aromatic rings. The van der Waals surface area contributed by atoms with E-state index in [0.29, 0.717) is 20.7 Å². The van der Waals surface area contributed by atoms with Crippen LogP contribution in [0.1, 0.15) is 20.7 Å². The monoisotopic (exact) mass is 399 g/mol. The second kappa shape index (κ2) is 6.78. The molecule has 27 heavy (non-hydrogen) atoms. The number of aromatic nitrogens is 5. The molecule has 0 radical (unpaired) electrons. The number of hydrogen-bond acceptors (Lipinski definition) is 8. The summed E-state index contributed by atoms with van der Waals surface area (Å²) in [7, 11) is 0. The molecule has 0 atom stereocenters. The Morgan fingerprint density at radius 2 is 1.70 bits per heavy atom. The number of thiazole rings is 1. The fraction of sp³-hybridized carbons (Fsp3) is 0. The normalized spacial score (nSPS) is 11.0. The van der Waals surface area contributed by atoms with Crippen LogP contribution in [-0.4, -0.2) is 47.3 Å². The third-order valence-corrected chi connectivity index (χ3v) is 5.61. The van der Waals surface area contributed by atoms with E-state index in [4.69, 9.17) is 10.2 Å². The quantitative estimate of drug-likeness (QED) is 0.520. The summed E-state index contributed by atoms with van der Waals surface area (Å²) in [5.41, 5.74) is 1.67. The van der Waals surface area contributed by atoms with E-state index in [9.17, 15) is 9.59 Å². The number of rotatable bonds is 5. The highest BCUT2D eigenvalue weighted by atomic mass is 32.2. The van der Waals surface area contributed by atoms with E-state index in [1.54, 1.807) is 24.3 Å². The van der Waals surface area contributed by atoms with E-state index in [1.165, 1.54) is 46.0 Å². The first kappa shape index (κ1) is 17.1. The highest BCUT2D eigenvalue weighted by Gasteiger charge is 2.15. The Morgan fingerprint density at radius 3 is 2.41 bits per heavy atom. The van der Waals surface area contributed by atoms with Crippen LogP contribution in [0.5, 0.6) is 0 Å². The Kier molecular flexibility index (Phi) is 4.30. The summed E-state index contributed by atoms with van der Waals surface area (Å²) < 4.78 is 2.89. The fourth-order valence-electron chi connectivity index (χ4n) is 2.31. The van der Waals surface area contributed by atoms with Crippen LogP contribution in [0.4, 0.5) is 0 Å². The average molecular weight is 399 g/mol. The lowest BCUT2D eigenvalue weighted by Gasteiger charge is -2.03. The Bertz CT molecular complexity index is 1170. The number of aromatic carboxylic acids is 2. The minimum Gasteiger partial charge on any atom is -0.478 e. The van der Waals surface area contributed by atoms with Crippen LogP contribution in [0.2, 0.25) is 0 Å². The Morgan fingerprint density at radius 1 is 1.00 bits per heavy atom. The van der Waals surface area contributed by atoms with Crippen molar-refractivity contribution in [3.05, 3.63) is 53.6 Å². The van der Waals surface area contributed by atoms with E-state index in [-0.39, 0.29) is 11.1 Å². The van der Waals surface area contributed by atoms with Gasteiger partial charge in [0.2, 0.25) is 5.16 Å². The maximum absolute atomic E-state index is 11.1. The summed E-state index contributed by atoms with van der Waals surface area (Å²) in [5, 5.41) is 30.1. The molecular weight excluding hydrogens is 390 g/mol. The molecule has 0 saturated carbocycles. The first-order valence-corrected chi connectivity index (χ1v) is 9.08. The van der Waals surface area contributed by atoms with Crippen molar-refractivity contribution in [2.24, 2.45) is 0 Å². The molecule has 0 saturated heterocycles. The van der Waals surface area contributed by atoms with Crippen molar-refractivity contribution in [1.82, 2.24) is 25.2 Å². The van der Waals surface area contributed by atoms with Crippen LogP contribution in [0, 0.1) is 0 Å². The second-order valence-electron chi connectivity index (χ2n) is 5.29. The standard InChI is InChI=1S/C16H9N5O4S2/c22-13(23)8-1-4-10(5-2-8)21-15(18-19-20-21)27-16-17-11-6-3-9(14(24)25)7-12(11)26-16/h1-7H,(H,22,23)(H,24,25). The summed E-state index contributed by atoms with van der Waals surface area (Å²) in [4.78, 5) is 26.5. The van der Waals surface area contributed by atoms with Crippen LogP contribution >= 0.6 is 23.1 Å². The molecule has 0 bridgehead atoms. The minimum absolute atomic E-state index is 0.168. The molecule has 0 aliphatic rings. The lowest BCUT2D eigenvalue weighted by Crippen LogP contribution is -2.01. The molecule has 0 unspecified atom stereocenters. The van der Waals surface area contributed by atoms with Crippen LogP contribution in [0.15, 0.2) is 52.0 Å². The van der Waals surface area contributed by atoms with Crippen LogP contribution in [0.3, 0.4) is 0 Å². The van der Waals surface area contributed by atoms with Gasteiger partial charge in [0.25, 0.3) is 0 Å². The molecule has 2 N–H and O–H groups in total. The zero-order valence-electron chi connectivity index (χ0n) is 13.3. The van der Waals surface area contributed by atoms with Gasteiger partial charge in [-0.15, -0.1) is 16.4 Å². The van der Waals surface area contributed by atoms with Crippen molar-refractivity contribution in [2.75, 3.05) is 0 Å². The van der Waals surface area contributed by atoms with E-state index in [0.717, 1.165) is 4.70 Å². The fourth-order valence-corrected chi connectivity index (χ4v) is 4.31. The van der Waals surface area contributed by atoms with Gasteiger partial charge in [-0.3, -0.25) is 0 Å². The lowest BCUT2D eigenvalue weighted by atomic mass is 10.2. The first-order chi connectivity index (χ1) is 13.0. The molecule has 9 nitrogen and oxygen atoms in total. The summed E-state index contributed by atoms with van der Waals surface area (Å²) in [6, 6.07) is 10.9. The zero-order valence-corrected chi connectivity index (χ0v) is 14.9. The number of carbonyl (C=O) groups is 2. The number of carboxylic acids is 2. The number of benzene rings is 2. The molecule has 2 aromatic carbocycles. The van der Waals surface area contributed by atoms with Gasteiger partial charge in [-0.2, -0.15) is 4.68 Å². The van der Waals surface area contributed by atoms with E-state index < -0.39 is 11.9 Å². The highest BCUT2D eigenvalue weighted by molar-refractivity contribution is 8.01. The molecule has 134 valence electrons. The Labute approximate surface area is 159 Å². The first-order valence-electron chi connectivity index (χ1n) is 7.45. The molecule has 0 amide bonds. The van der Waals surface area contributed by atoms with Gasteiger partial charge in [0, 0.05) is 0 Å². The van der Waals surface area contributed by atoms with Crippen molar-refractivity contribution >= 4 is 45.3 Å². The van der Waals surface area contributed by atoms with E-state index in [1.807, 2.05) is 0 Å². The highest BCUT2D eigenvalue weighted by Crippen LogP contribution is 2.34. The molecule has 0 spiro atoms. The Hall–Kier alpha value is -3.31. The summed E-state index contributed by atoms with van der Waals surface area (Å²) in [6.07, 6.45) is 0. The molecule has 0 aliphatic carbocycles. The van der Waals surface area contributed by atoms with Gasteiger partial charge >= 0.3 is 11.9 Å². The predicted octanol–water partition coefficient (Wildman–Crippen LogP) is 2.82. The average Bonchev–Trinajstić information content (AvgIpc) is 3.27. The molecule has 0 aliphatic heterocycles. The van der Waals surface area contributed by atoms with Gasteiger partial charge in [0.15, 0.2) is 4.34 Å². The van der Waals surface area contributed by atoms with E-state index in [2.05, 4.69) is 20.5 Å². The zero-order chi connectivity index (χ0) is 19.0. The number of tetrazole rings is 1. The van der Waals surface area contributed by atoms with Crippen molar-refractivity contribution in [2.45, 2.75) is 9.50 Å². The largest absolute Gasteiger partial charge is 0.478 e. The maximum atomic E-state index is 11.1. The smallest absolute Gasteiger partial charge is 0.335 e. The summed E-state index contributed by atoms with van der Waals surface area (Å²) in [6.45, 7) is 0. The van der Waals surface area contributed by atoms with Crippen molar-refractivity contribution in [3.63, 3.8) is 0 Å². The van der Waals surface area contributed by atoms with Gasteiger partial charge in [-0.05, 0) is 64.7 Å². The van der Waals surface area contributed by atoms with Gasteiger partial charge in [-0.25, -0.2) is 14.6 Å². The molecular formula is C16H9N5O4S2. The van der Waals surface area contributed by atoms with Gasteiger partial charge < -0.3 is 10.2 Å². The van der Waals surface area contributed by atoms with E-state index >= 15 is 0 Å². The van der Waals surface area contributed by atoms with Crippen LogP contribution < -0.4 is 0 Å². The van der Waals surface area contributed by atoms with Gasteiger partial charge in [0.05, 0.1) is 27.0 Å². The molecule has 4 rings (SSSR count). The van der Waals surface area contributed by atoms with Crippen molar-refractivity contribution in [1.29, 1.82) is 0 Å². The second-order valence-corrected chi connectivity index (χ2v) is 7.54. The topological polar surface area (TPSA) is 131 Å². The van der Waals surface area contributed by atoms with Crippen molar-refractivity contribution in [3.8, 4) is 5.69 Å². The number of carboxylic acid groups (broad SMARTS) is 2. The molecule has 11 heteroatoms. The SMILES string of the molecule is O=C(O)c1ccc(-n2nnnc2Sc2nc3ccc(C(=O)O)cc3s2)cc1. The number of hydrogen-bond donors (Lipinski definition) is 2. The summed E-state index contributed by atoms with van der Waals surface area (Å²) in [5.74, 6) is -2.00. The minimum atomic E-state index is -1.01. The van der Waals surface area contributed by atoms with Gasteiger partial charge in [0.1, 0.15) is 0 Å². The maximum Gasteiger partial charge on any atom is 0.335 e. The van der Waals surface area contributed by atoms with Gasteiger partial charge in [-0.1, -0.05) is 0 Å². The third kappa shape index (κ3) is 3.37. The molecule has 2 aromatic heterocycles. The number of fused-ring (bicyclic) bond motifs is 1. The number of nitrogens with zero attached hydrogens (tertiary/aromatic N) is 5. The molecule has 2 heterocycles. The Balaban J connectivity index is 1.64. The predicted molar refractivity (Wildman–Crippen MR) is 96.8 cm³/mol. The summed E-state index contributed by atoms with van der Waals surface area (Å²) >= 11 is 2.58. The van der Waals surface area contributed by atoms with Crippen LogP contribution in [-0.2, 0) is 0 Å².